The molecule has 1 aliphatic heterocycles. The van der Waals surface area contributed by atoms with Crippen LogP contribution in [0.2, 0.25) is 5.02 Å². The molecule has 0 radical (unpaired) electrons. The van der Waals surface area contributed by atoms with Gasteiger partial charge < -0.3 is 10.6 Å². The van der Waals surface area contributed by atoms with Gasteiger partial charge >= 0.3 is 0 Å². The minimum absolute atomic E-state index is 0.174. The van der Waals surface area contributed by atoms with E-state index >= 15 is 0 Å². The van der Waals surface area contributed by atoms with E-state index in [-0.39, 0.29) is 11.6 Å². The molecule has 2 aliphatic rings. The topological polar surface area (TPSA) is 94.7 Å². The van der Waals surface area contributed by atoms with Gasteiger partial charge in [-0.15, -0.1) is 5.10 Å². The lowest BCUT2D eigenvalue weighted by atomic mass is 9.89. The molecule has 2 fully saturated rings. The van der Waals surface area contributed by atoms with E-state index in [1.54, 1.807) is 6.20 Å². The van der Waals surface area contributed by atoms with Crippen LogP contribution in [-0.2, 0) is 0 Å². The molecule has 1 saturated carbocycles. The first-order valence-electron chi connectivity index (χ1n) is 16.0. The number of nitriles is 1. The molecule has 1 aliphatic carbocycles. The van der Waals surface area contributed by atoms with Crippen LogP contribution >= 0.6 is 11.6 Å². The largest absolute Gasteiger partial charge is 0.383 e. The third-order valence-corrected chi connectivity index (χ3v) is 9.61. The van der Waals surface area contributed by atoms with E-state index < -0.39 is 0 Å². The molecule has 8 nitrogen and oxygen atoms in total. The predicted molar refractivity (Wildman–Crippen MR) is 178 cm³/mol. The van der Waals surface area contributed by atoms with Crippen molar-refractivity contribution in [1.82, 2.24) is 24.9 Å². The SMILES string of the molecule is CC(C)(C)N1CCC(n2cc([C@@H](Nc3cc(Cl)cc4c(NCC5CCCCC5)c(C#N)cnc34)c3ccccc3)nn2)CC1. The summed E-state index contributed by atoms with van der Waals surface area (Å²) in [6.07, 6.45) is 12.2. The maximum Gasteiger partial charge on any atom is 0.109 e. The number of hydrogen-bond donors (Lipinski definition) is 2. The number of halogens is 1. The van der Waals surface area contributed by atoms with Gasteiger partial charge in [-0.1, -0.05) is 66.4 Å². The van der Waals surface area contributed by atoms with Crippen molar-refractivity contribution in [3.05, 3.63) is 76.7 Å². The summed E-state index contributed by atoms with van der Waals surface area (Å²) < 4.78 is 2.05. The molecule has 0 spiro atoms. The van der Waals surface area contributed by atoms with E-state index in [9.17, 15) is 5.26 Å². The van der Waals surface area contributed by atoms with Crippen molar-refractivity contribution in [3.8, 4) is 6.07 Å². The molecule has 2 aromatic carbocycles. The molecular weight excluding hydrogens is 568 g/mol. The van der Waals surface area contributed by atoms with Crippen molar-refractivity contribution in [2.24, 2.45) is 5.92 Å². The molecule has 6 rings (SSSR count). The summed E-state index contributed by atoms with van der Waals surface area (Å²) in [5.74, 6) is 0.612. The highest BCUT2D eigenvalue weighted by atomic mass is 35.5. The number of likely N-dealkylation sites (tertiary alicyclic amines) is 1. The smallest absolute Gasteiger partial charge is 0.109 e. The second-order valence-corrected chi connectivity index (χ2v) is 13.8. The van der Waals surface area contributed by atoms with Gasteiger partial charge in [0.05, 0.1) is 40.7 Å². The van der Waals surface area contributed by atoms with Crippen LogP contribution in [-0.4, -0.2) is 50.1 Å². The average molecular weight is 611 g/mol. The highest BCUT2D eigenvalue weighted by Gasteiger charge is 2.29. The number of benzene rings is 2. The first kappa shape index (κ1) is 30.4. The van der Waals surface area contributed by atoms with Crippen molar-refractivity contribution in [1.29, 1.82) is 5.26 Å². The van der Waals surface area contributed by atoms with Gasteiger partial charge in [0.1, 0.15) is 11.8 Å². The van der Waals surface area contributed by atoms with Crippen LogP contribution in [0, 0.1) is 17.2 Å². The number of rotatable bonds is 8. The Bertz CT molecular complexity index is 1610. The highest BCUT2D eigenvalue weighted by molar-refractivity contribution is 6.32. The Morgan fingerprint density at radius 3 is 2.50 bits per heavy atom. The zero-order chi connectivity index (χ0) is 30.7. The van der Waals surface area contributed by atoms with Gasteiger partial charge in [0.15, 0.2) is 0 Å². The minimum Gasteiger partial charge on any atom is -0.383 e. The number of pyridine rings is 1. The monoisotopic (exact) mass is 610 g/mol. The van der Waals surface area contributed by atoms with Gasteiger partial charge in [0.2, 0.25) is 0 Å². The molecule has 0 bridgehead atoms. The van der Waals surface area contributed by atoms with Crippen LogP contribution in [0.3, 0.4) is 0 Å². The molecular formula is C35H43ClN8. The molecule has 0 unspecified atom stereocenters. The molecule has 2 aromatic heterocycles. The van der Waals surface area contributed by atoms with Crippen molar-refractivity contribution in [3.63, 3.8) is 0 Å². The van der Waals surface area contributed by atoms with E-state index in [4.69, 9.17) is 16.6 Å². The third-order valence-electron chi connectivity index (χ3n) is 9.39. The van der Waals surface area contributed by atoms with Crippen molar-refractivity contribution >= 4 is 33.9 Å². The molecule has 1 atom stereocenters. The maximum atomic E-state index is 9.96. The second-order valence-electron chi connectivity index (χ2n) is 13.4. The fourth-order valence-corrected chi connectivity index (χ4v) is 7.04. The molecule has 0 amide bonds. The number of nitrogens with zero attached hydrogens (tertiary/aromatic N) is 6. The summed E-state index contributed by atoms with van der Waals surface area (Å²) in [6, 6.07) is 16.5. The summed E-state index contributed by atoms with van der Waals surface area (Å²) in [6.45, 7) is 9.78. The average Bonchev–Trinajstić information content (AvgIpc) is 3.53. The van der Waals surface area contributed by atoms with Gasteiger partial charge in [-0.3, -0.25) is 9.88 Å². The Balaban J connectivity index is 1.31. The van der Waals surface area contributed by atoms with E-state index in [2.05, 4.69) is 71.0 Å². The summed E-state index contributed by atoms with van der Waals surface area (Å²) in [5.41, 5.74) is 4.97. The molecule has 44 heavy (non-hydrogen) atoms. The van der Waals surface area contributed by atoms with E-state index in [1.165, 1.54) is 32.1 Å². The van der Waals surface area contributed by atoms with Gasteiger partial charge in [-0.25, -0.2) is 4.68 Å². The van der Waals surface area contributed by atoms with Crippen LogP contribution in [0.15, 0.2) is 54.9 Å². The summed E-state index contributed by atoms with van der Waals surface area (Å²) in [5, 5.41) is 28.0. The predicted octanol–water partition coefficient (Wildman–Crippen LogP) is 7.98. The van der Waals surface area contributed by atoms with Crippen LogP contribution in [0.4, 0.5) is 11.4 Å². The summed E-state index contributed by atoms with van der Waals surface area (Å²) >= 11 is 6.75. The van der Waals surface area contributed by atoms with Crippen molar-refractivity contribution in [2.45, 2.75) is 83.3 Å². The first-order chi connectivity index (χ1) is 21.3. The lowest BCUT2D eigenvalue weighted by Crippen LogP contribution is -2.46. The number of anilines is 2. The van der Waals surface area contributed by atoms with Gasteiger partial charge in [0.25, 0.3) is 0 Å². The summed E-state index contributed by atoms with van der Waals surface area (Å²) in [7, 11) is 0. The Morgan fingerprint density at radius 1 is 1.05 bits per heavy atom. The Morgan fingerprint density at radius 2 is 1.80 bits per heavy atom. The number of fused-ring (bicyclic) bond motifs is 1. The zero-order valence-corrected chi connectivity index (χ0v) is 26.8. The standard InChI is InChI=1S/C35H43ClN8/c1-35(2,3)43-16-14-28(15-17-43)44-23-31(41-42-44)33(25-12-8-5-9-13-25)40-30-19-27(36)18-29-32(26(20-37)22-39-34(29)30)38-21-24-10-6-4-7-11-24/h5,8-9,12-13,18-19,22-24,28,33,40H,4,6-7,10-11,14-17,21H2,1-3H3,(H,38,39)/t33-/m0/s1. The number of piperidine rings is 1. The molecule has 9 heteroatoms. The quantitative estimate of drug-likeness (QED) is 0.209. The molecule has 3 heterocycles. The molecule has 4 aromatic rings. The number of hydrogen-bond acceptors (Lipinski definition) is 7. The second kappa shape index (κ2) is 13.1. The van der Waals surface area contributed by atoms with Crippen LogP contribution in [0.25, 0.3) is 10.9 Å². The Hall–Kier alpha value is -3.67. The van der Waals surface area contributed by atoms with Gasteiger partial charge in [-0.2, -0.15) is 5.26 Å². The normalized spacial score (nSPS) is 17.8. The molecule has 2 N–H and O–H groups in total. The third kappa shape index (κ3) is 6.69. The number of aromatic nitrogens is 4. The van der Waals surface area contributed by atoms with E-state index in [0.717, 1.165) is 66.0 Å². The van der Waals surface area contributed by atoms with Crippen LogP contribution in [0.5, 0.6) is 0 Å². The highest BCUT2D eigenvalue weighted by Crippen LogP contribution is 2.37. The van der Waals surface area contributed by atoms with Crippen LogP contribution < -0.4 is 10.6 Å². The van der Waals surface area contributed by atoms with Crippen LogP contribution in [0.1, 0.15) is 94.6 Å². The fourth-order valence-electron chi connectivity index (χ4n) is 6.82. The van der Waals surface area contributed by atoms with Gasteiger partial charge in [-0.05, 0) is 70.1 Å². The fraction of sp³-hybridized carbons (Fsp3) is 0.486. The zero-order valence-electron chi connectivity index (χ0n) is 26.1. The van der Waals surface area contributed by atoms with Crippen molar-refractivity contribution < 1.29 is 0 Å². The minimum atomic E-state index is -0.266. The molecule has 230 valence electrons. The summed E-state index contributed by atoms with van der Waals surface area (Å²) in [4.78, 5) is 7.31. The Kier molecular flexibility index (Phi) is 9.06. The van der Waals surface area contributed by atoms with Gasteiger partial charge in [0, 0.05) is 41.8 Å². The van der Waals surface area contributed by atoms with E-state index in [0.29, 0.717) is 22.5 Å². The number of nitrogens with one attached hydrogen (secondary N) is 2. The van der Waals surface area contributed by atoms with E-state index in [1.807, 2.05) is 35.0 Å². The lowest BCUT2D eigenvalue weighted by molar-refractivity contribution is 0.0866. The maximum absolute atomic E-state index is 9.96. The van der Waals surface area contributed by atoms with Crippen molar-refractivity contribution in [2.75, 3.05) is 30.3 Å². The molecule has 1 saturated heterocycles. The lowest BCUT2D eigenvalue weighted by Gasteiger charge is -2.40. The first-order valence-corrected chi connectivity index (χ1v) is 16.4. The Labute approximate surface area is 265 Å².